The second kappa shape index (κ2) is 20.4. The maximum Gasteiger partial charge on any atom is 0.408 e. The number of pyridine rings is 1. The number of carbonyl (C=O) groups is 3. The number of aliphatic hydroxyl groups excluding tert-OH is 1. The van der Waals surface area contributed by atoms with Crippen molar-refractivity contribution in [3.8, 4) is 11.5 Å². The highest BCUT2D eigenvalue weighted by Gasteiger charge is 2.37. The first-order valence-electron chi connectivity index (χ1n) is 21.4. The summed E-state index contributed by atoms with van der Waals surface area (Å²) in [4.78, 5) is 55.2. The van der Waals surface area contributed by atoms with Crippen molar-refractivity contribution in [3.05, 3.63) is 159 Å². The number of aromatic hydroxyl groups is 1. The van der Waals surface area contributed by atoms with E-state index in [9.17, 15) is 29.4 Å². The predicted octanol–water partition coefficient (Wildman–Crippen LogP) is 5.51. The van der Waals surface area contributed by atoms with Crippen molar-refractivity contribution in [1.82, 2.24) is 31.0 Å². The monoisotopic (exact) mass is 870 g/mol. The van der Waals surface area contributed by atoms with Crippen molar-refractivity contribution >= 4 is 28.9 Å². The van der Waals surface area contributed by atoms with Crippen LogP contribution < -0.4 is 26.2 Å². The van der Waals surface area contributed by atoms with Crippen LogP contribution >= 0.6 is 0 Å². The lowest BCUT2D eigenvalue weighted by atomic mass is 9.86. The van der Waals surface area contributed by atoms with Crippen LogP contribution in [0.4, 0.5) is 4.79 Å². The van der Waals surface area contributed by atoms with E-state index in [1.54, 1.807) is 36.4 Å². The standard InChI is InChI=1S/C48H50N6O10/c55-40-16-14-37(38-15-17-43(57)51-45(38)40)41(56)27-49-26-36-25-39(53-64-36)46(58)50-20-5-23-61-47(59)33-12-10-30(11-13-33)29-62-35-9-4-8-34(24-35)44(32-6-2-1-3-7-32)52-48(60)63-42-28-54-21-18-31(42)19-22-54/h1-4,6-17,24-25,31,41-42,44,49,55-56H,5,18-23,26-29H2,(H,50,58)(H,51,57)(H,52,60)/t41-,42+,44-/m0/s1. The van der Waals surface area contributed by atoms with E-state index in [2.05, 4.69) is 31.0 Å². The van der Waals surface area contributed by atoms with Crippen molar-refractivity contribution < 1.29 is 43.3 Å². The number of aliphatic hydroxyl groups is 1. The second-order valence-corrected chi connectivity index (χ2v) is 16.0. The number of benzene rings is 4. The molecule has 0 unspecified atom stereocenters. The number of H-pyrrole nitrogens is 1. The maximum atomic E-state index is 13.2. The number of phenols is 1. The summed E-state index contributed by atoms with van der Waals surface area (Å²) in [7, 11) is 0. The zero-order valence-electron chi connectivity index (χ0n) is 35.0. The molecule has 16 heteroatoms. The average Bonchev–Trinajstić information content (AvgIpc) is 3.80. The van der Waals surface area contributed by atoms with Crippen LogP contribution in [0, 0.1) is 5.92 Å². The van der Waals surface area contributed by atoms with Crippen molar-refractivity contribution in [2.45, 2.75) is 50.7 Å². The summed E-state index contributed by atoms with van der Waals surface area (Å²) in [5, 5.41) is 34.1. The summed E-state index contributed by atoms with van der Waals surface area (Å²) in [6, 6.07) is 31.2. The molecule has 0 aliphatic carbocycles. The van der Waals surface area contributed by atoms with Crippen molar-refractivity contribution in [2.75, 3.05) is 39.3 Å². The minimum atomic E-state index is -0.966. The molecule has 0 saturated carbocycles. The number of amides is 2. The lowest BCUT2D eigenvalue weighted by Gasteiger charge is -2.43. The SMILES string of the molecule is O=C(N[C@@H](c1ccccc1)c1cccc(OCc2ccc(C(=O)OCCCNC(=O)c3cc(CNC[C@H](O)c4ccc(O)c5[nH]c(=O)ccc45)on3)cc2)c1)O[C@@H]1CN2CCC1CC2. The number of hydrogen-bond donors (Lipinski definition) is 6. The van der Waals surface area contributed by atoms with Gasteiger partial charge in [0.2, 0.25) is 5.56 Å². The first kappa shape index (κ1) is 43.6. The number of alkyl carbamates (subject to hydrolysis) is 1. The molecule has 2 bridgehead atoms. The van der Waals surface area contributed by atoms with Crippen LogP contribution in [-0.2, 0) is 22.6 Å². The Labute approximate surface area is 368 Å². The zero-order chi connectivity index (χ0) is 44.4. The van der Waals surface area contributed by atoms with E-state index in [0.717, 1.165) is 49.2 Å². The summed E-state index contributed by atoms with van der Waals surface area (Å²) < 4.78 is 22.8. The molecule has 3 fully saturated rings. The number of phenolic OH excluding ortho intramolecular Hbond substituents is 1. The molecule has 2 amide bonds. The smallest absolute Gasteiger partial charge is 0.408 e. The fourth-order valence-electron chi connectivity index (χ4n) is 8.13. The summed E-state index contributed by atoms with van der Waals surface area (Å²) in [6.45, 7) is 3.77. The van der Waals surface area contributed by atoms with E-state index in [4.69, 9.17) is 18.7 Å². The topological polar surface area (TPSA) is 218 Å². The molecule has 0 spiro atoms. The number of hydrogen-bond acceptors (Lipinski definition) is 13. The first-order valence-corrected chi connectivity index (χ1v) is 21.4. The van der Waals surface area contributed by atoms with E-state index in [0.29, 0.717) is 40.4 Å². The van der Waals surface area contributed by atoms with Crippen LogP contribution in [0.5, 0.6) is 11.5 Å². The molecule has 6 N–H and O–H groups in total. The van der Waals surface area contributed by atoms with Gasteiger partial charge in [-0.15, -0.1) is 0 Å². The van der Waals surface area contributed by atoms with Gasteiger partial charge in [-0.3, -0.25) is 14.5 Å². The first-order chi connectivity index (χ1) is 31.2. The van der Waals surface area contributed by atoms with Crippen molar-refractivity contribution in [3.63, 3.8) is 0 Å². The molecule has 2 aromatic heterocycles. The van der Waals surface area contributed by atoms with Gasteiger partial charge in [-0.25, -0.2) is 9.59 Å². The Morgan fingerprint density at radius 1 is 0.922 bits per heavy atom. The number of esters is 1. The summed E-state index contributed by atoms with van der Waals surface area (Å²) in [6.07, 6.45) is 0.971. The molecule has 16 nitrogen and oxygen atoms in total. The summed E-state index contributed by atoms with van der Waals surface area (Å²) >= 11 is 0. The van der Waals surface area contributed by atoms with Gasteiger partial charge in [0.25, 0.3) is 5.91 Å². The highest BCUT2D eigenvalue weighted by atomic mass is 16.6. The Hall–Kier alpha value is -7.01. The third-order valence-electron chi connectivity index (χ3n) is 11.6. The maximum absolute atomic E-state index is 13.2. The molecular formula is C48H50N6O10. The molecule has 3 aliphatic rings. The average molecular weight is 871 g/mol. The molecule has 332 valence electrons. The van der Waals surface area contributed by atoms with Gasteiger partial charge in [0.05, 0.1) is 36.4 Å². The fourth-order valence-corrected chi connectivity index (χ4v) is 8.13. The molecule has 5 heterocycles. The normalized spacial score (nSPS) is 17.6. The quantitative estimate of drug-likeness (QED) is 0.0465. The van der Waals surface area contributed by atoms with Crippen LogP contribution in [-0.4, -0.2) is 88.7 Å². The Kier molecular flexibility index (Phi) is 13.9. The van der Waals surface area contributed by atoms with Crippen LogP contribution in [0.25, 0.3) is 10.9 Å². The van der Waals surface area contributed by atoms with Crippen LogP contribution in [0.1, 0.15) is 80.3 Å². The van der Waals surface area contributed by atoms with Gasteiger partial charge in [0, 0.05) is 37.2 Å². The molecular weight excluding hydrogens is 821 g/mol. The number of aromatic amines is 1. The third-order valence-corrected chi connectivity index (χ3v) is 11.6. The molecule has 9 rings (SSSR count). The highest BCUT2D eigenvalue weighted by Crippen LogP contribution is 2.31. The van der Waals surface area contributed by atoms with E-state index in [1.807, 2.05) is 54.6 Å². The minimum absolute atomic E-state index is 0.0737. The Balaban J connectivity index is 0.745. The van der Waals surface area contributed by atoms with E-state index < -0.39 is 30.1 Å². The second-order valence-electron chi connectivity index (χ2n) is 16.0. The van der Waals surface area contributed by atoms with Gasteiger partial charge in [0.15, 0.2) is 11.5 Å². The Morgan fingerprint density at radius 3 is 2.50 bits per heavy atom. The largest absolute Gasteiger partial charge is 0.506 e. The Bertz CT molecular complexity index is 2610. The van der Waals surface area contributed by atoms with Crippen LogP contribution in [0.2, 0.25) is 0 Å². The lowest BCUT2D eigenvalue weighted by molar-refractivity contribution is -0.0336. The molecule has 0 radical (unpaired) electrons. The number of fused-ring (bicyclic) bond motifs is 4. The fraction of sp³-hybridized carbons (Fsp3) is 0.312. The van der Waals surface area contributed by atoms with Gasteiger partial charge in [-0.2, -0.15) is 0 Å². The van der Waals surface area contributed by atoms with E-state index >= 15 is 0 Å². The molecule has 3 atom stereocenters. The van der Waals surface area contributed by atoms with Gasteiger partial charge < -0.3 is 49.9 Å². The highest BCUT2D eigenvalue weighted by molar-refractivity contribution is 5.92. The van der Waals surface area contributed by atoms with Gasteiger partial charge in [-0.05, 0) is 96.9 Å². The number of ether oxygens (including phenoxy) is 3. The number of rotatable bonds is 18. The predicted molar refractivity (Wildman–Crippen MR) is 235 cm³/mol. The zero-order valence-corrected chi connectivity index (χ0v) is 35.0. The van der Waals surface area contributed by atoms with Crippen molar-refractivity contribution in [1.29, 1.82) is 0 Å². The van der Waals surface area contributed by atoms with E-state index in [-0.39, 0.29) is 61.5 Å². The molecule has 3 aliphatic heterocycles. The van der Waals surface area contributed by atoms with Gasteiger partial charge in [-0.1, -0.05) is 65.8 Å². The number of nitrogens with zero attached hydrogens (tertiary/aromatic N) is 2. The summed E-state index contributed by atoms with van der Waals surface area (Å²) in [5.41, 5.74) is 3.45. The molecule has 64 heavy (non-hydrogen) atoms. The van der Waals surface area contributed by atoms with E-state index in [1.165, 1.54) is 18.2 Å². The molecule has 3 saturated heterocycles. The Morgan fingerprint density at radius 2 is 1.72 bits per heavy atom. The molecule has 4 aromatic carbocycles. The number of carbonyl (C=O) groups excluding carboxylic acids is 3. The van der Waals surface area contributed by atoms with Gasteiger partial charge >= 0.3 is 12.1 Å². The van der Waals surface area contributed by atoms with Crippen LogP contribution in [0.3, 0.4) is 0 Å². The number of piperidine rings is 3. The number of nitrogens with one attached hydrogen (secondary N) is 4. The van der Waals surface area contributed by atoms with Crippen LogP contribution in [0.15, 0.2) is 119 Å². The van der Waals surface area contributed by atoms with Crippen molar-refractivity contribution in [2.24, 2.45) is 5.92 Å². The number of aromatic nitrogens is 2. The summed E-state index contributed by atoms with van der Waals surface area (Å²) in [5.74, 6) is 0.351. The lowest BCUT2D eigenvalue weighted by Crippen LogP contribution is -2.52. The van der Waals surface area contributed by atoms with Gasteiger partial charge in [0.1, 0.15) is 24.2 Å². The third kappa shape index (κ3) is 10.9. The minimum Gasteiger partial charge on any atom is -0.506 e. The molecule has 6 aromatic rings.